The molecule has 6 unspecified atom stereocenters. The van der Waals surface area contributed by atoms with Crippen LogP contribution in [0.3, 0.4) is 0 Å². The number of aryl methyl sites for hydroxylation is 4. The van der Waals surface area contributed by atoms with E-state index in [0.29, 0.717) is 17.8 Å². The van der Waals surface area contributed by atoms with Crippen LogP contribution in [0.1, 0.15) is 72.9 Å². The van der Waals surface area contributed by atoms with E-state index in [9.17, 15) is 19.8 Å². The summed E-state index contributed by atoms with van der Waals surface area (Å²) in [4.78, 5) is 22.8. The zero-order valence-electron chi connectivity index (χ0n) is 28.8. The number of rotatable bonds is 14. The second-order valence-electron chi connectivity index (χ2n) is 13.9. The second-order valence-corrected chi connectivity index (χ2v) is 13.9. The number of fused-ring (bicyclic) bond motifs is 2. The number of hydrogen-bond donors (Lipinski definition) is 2. The van der Waals surface area contributed by atoms with E-state index in [0.717, 1.165) is 64.7 Å². The number of benzene rings is 2. The van der Waals surface area contributed by atoms with Crippen molar-refractivity contribution < 1.29 is 38.7 Å². The number of esters is 2. The molecule has 8 heteroatoms. The van der Waals surface area contributed by atoms with Crippen molar-refractivity contribution in [2.75, 3.05) is 26.4 Å². The van der Waals surface area contributed by atoms with Crippen molar-refractivity contribution in [2.45, 2.75) is 84.8 Å². The Kier molecular flexibility index (Phi) is 12.0. The van der Waals surface area contributed by atoms with E-state index in [4.69, 9.17) is 18.9 Å². The molecule has 47 heavy (non-hydrogen) atoms. The molecule has 2 fully saturated rings. The summed E-state index contributed by atoms with van der Waals surface area (Å²) in [6, 6.07) is 9.05. The third-order valence-corrected chi connectivity index (χ3v) is 10.0. The predicted octanol–water partition coefficient (Wildman–Crippen LogP) is 6.24. The van der Waals surface area contributed by atoms with Crippen molar-refractivity contribution in [1.29, 1.82) is 0 Å². The molecule has 0 heterocycles. The first kappa shape index (κ1) is 36.2. The number of ether oxygens (including phenoxy) is 4. The van der Waals surface area contributed by atoms with E-state index in [2.05, 4.69) is 79.0 Å². The van der Waals surface area contributed by atoms with Crippen LogP contribution in [0, 0.1) is 51.4 Å². The zero-order chi connectivity index (χ0) is 34.5. The lowest BCUT2D eigenvalue weighted by molar-refractivity contribution is -0.142. The van der Waals surface area contributed by atoms with Crippen LogP contribution in [0.15, 0.2) is 49.6 Å². The number of carbonyl (C=O) groups excluding carboxylic acids is 2. The Morgan fingerprint density at radius 1 is 0.745 bits per heavy atom. The maximum Gasteiger partial charge on any atom is 0.330 e. The van der Waals surface area contributed by atoms with Crippen LogP contribution in [0.5, 0.6) is 11.5 Å². The highest BCUT2D eigenvalue weighted by Crippen LogP contribution is 2.59. The summed E-state index contributed by atoms with van der Waals surface area (Å²) in [5.74, 6) is 2.50. The normalized spacial score (nSPS) is 24.9. The van der Waals surface area contributed by atoms with Gasteiger partial charge < -0.3 is 29.2 Å². The third-order valence-electron chi connectivity index (χ3n) is 10.0. The van der Waals surface area contributed by atoms with Gasteiger partial charge in [0.2, 0.25) is 0 Å². The Balaban J connectivity index is 1.69. The average molecular weight is 649 g/mol. The fraction of sp³-hybridized carbons (Fsp3) is 0.538. The molecule has 0 amide bonds. The van der Waals surface area contributed by atoms with Gasteiger partial charge in [0, 0.05) is 17.6 Å². The molecule has 256 valence electrons. The highest BCUT2D eigenvalue weighted by atomic mass is 16.6. The molecule has 2 aliphatic carbocycles. The lowest BCUT2D eigenvalue weighted by Crippen LogP contribution is -2.50. The first-order valence-electron chi connectivity index (χ1n) is 16.7. The first-order valence-corrected chi connectivity index (χ1v) is 16.7. The fourth-order valence-corrected chi connectivity index (χ4v) is 8.37. The molecule has 2 saturated carbocycles. The zero-order valence-corrected chi connectivity index (χ0v) is 28.8. The van der Waals surface area contributed by atoms with Crippen LogP contribution in [-0.2, 0) is 24.5 Å². The van der Waals surface area contributed by atoms with Crippen LogP contribution in [0.2, 0.25) is 0 Å². The van der Waals surface area contributed by atoms with E-state index in [1.165, 1.54) is 24.0 Å². The van der Waals surface area contributed by atoms with Crippen LogP contribution >= 0.6 is 0 Å². The molecule has 6 atom stereocenters. The van der Waals surface area contributed by atoms with E-state index in [1.807, 2.05) is 0 Å². The summed E-state index contributed by atoms with van der Waals surface area (Å²) in [5, 5.41) is 20.7. The Hall–Kier alpha value is -3.62. The van der Waals surface area contributed by atoms with E-state index in [1.54, 1.807) is 0 Å². The summed E-state index contributed by atoms with van der Waals surface area (Å²) in [6.45, 7) is 19.4. The van der Waals surface area contributed by atoms with Gasteiger partial charge in [0.05, 0.1) is 0 Å². The lowest BCUT2D eigenvalue weighted by atomic mass is 9.48. The second kappa shape index (κ2) is 15.5. The monoisotopic (exact) mass is 648 g/mol. The highest BCUT2D eigenvalue weighted by Gasteiger charge is 2.53. The predicted molar refractivity (Wildman–Crippen MR) is 182 cm³/mol. The molecule has 2 N–H and O–H groups in total. The van der Waals surface area contributed by atoms with E-state index >= 15 is 0 Å². The van der Waals surface area contributed by atoms with Gasteiger partial charge in [-0.3, -0.25) is 0 Å². The van der Waals surface area contributed by atoms with Crippen molar-refractivity contribution >= 4 is 11.9 Å². The summed E-state index contributed by atoms with van der Waals surface area (Å²) in [5.41, 5.74) is 6.29. The smallest absolute Gasteiger partial charge is 0.330 e. The lowest BCUT2D eigenvalue weighted by Gasteiger charge is -2.56. The van der Waals surface area contributed by atoms with E-state index in [-0.39, 0.29) is 31.8 Å². The molecule has 4 rings (SSSR count). The van der Waals surface area contributed by atoms with Crippen LogP contribution in [-0.4, -0.2) is 60.8 Å². The molecule has 2 aromatic carbocycles. The van der Waals surface area contributed by atoms with Gasteiger partial charge in [-0.15, -0.1) is 0 Å². The van der Waals surface area contributed by atoms with Crippen LogP contribution < -0.4 is 9.47 Å². The molecular weight excluding hydrogens is 596 g/mol. The van der Waals surface area contributed by atoms with Gasteiger partial charge in [0.15, 0.2) is 0 Å². The number of carbonyl (C=O) groups is 2. The Morgan fingerprint density at radius 3 is 1.57 bits per heavy atom. The first-order chi connectivity index (χ1) is 22.3. The quantitative estimate of drug-likeness (QED) is 0.183. The summed E-state index contributed by atoms with van der Waals surface area (Å²) < 4.78 is 22.1. The fourth-order valence-electron chi connectivity index (χ4n) is 8.37. The SMILES string of the molecule is C=CC(=O)OCC(O)COc1c(C)cc(C2(c3cc(C)c(OCC(O)COC(=O)C=C)c(C)c3)C(C)CC3CC(C)CC2C3)cc1C. The summed E-state index contributed by atoms with van der Waals surface area (Å²) >= 11 is 0. The average Bonchev–Trinajstić information content (AvgIpc) is 3.01. The molecule has 0 spiro atoms. The van der Waals surface area contributed by atoms with Gasteiger partial charge in [-0.25, -0.2) is 9.59 Å². The minimum atomic E-state index is -0.960. The standard InChI is InChI=1S/C39H52O8/c1-9-35(42)44-19-33(40)21-46-37-24(4)13-31(14-25(37)5)39(28(8)17-29-11-23(3)12-30(39)18-29)32-15-26(6)38(27(7)16-32)47-22-34(41)20-45-36(43)10-2/h9-10,13-16,23,28-30,33-34,40-41H,1-2,11-12,17-22H2,3-8H3. The molecule has 0 saturated heterocycles. The van der Waals surface area contributed by atoms with Gasteiger partial charge in [0.25, 0.3) is 0 Å². The topological polar surface area (TPSA) is 112 Å². The van der Waals surface area contributed by atoms with E-state index < -0.39 is 24.1 Å². The van der Waals surface area contributed by atoms with Gasteiger partial charge >= 0.3 is 11.9 Å². The number of aliphatic hydroxyl groups is 2. The Morgan fingerprint density at radius 2 is 1.17 bits per heavy atom. The largest absolute Gasteiger partial charge is 0.490 e. The van der Waals surface area contributed by atoms with Crippen molar-refractivity contribution in [3.8, 4) is 11.5 Å². The van der Waals surface area contributed by atoms with Gasteiger partial charge in [-0.1, -0.05) is 51.3 Å². The molecular formula is C39H52O8. The molecule has 0 radical (unpaired) electrons. The molecule has 0 aliphatic heterocycles. The van der Waals surface area contributed by atoms with Crippen LogP contribution in [0.4, 0.5) is 0 Å². The maximum absolute atomic E-state index is 11.4. The van der Waals surface area contributed by atoms with Crippen LogP contribution in [0.25, 0.3) is 0 Å². The highest BCUT2D eigenvalue weighted by molar-refractivity contribution is 5.81. The van der Waals surface area contributed by atoms with Crippen molar-refractivity contribution in [3.63, 3.8) is 0 Å². The summed E-state index contributed by atoms with van der Waals surface area (Å²) in [6.07, 6.45) is 4.98. The Labute approximate surface area is 279 Å². The molecule has 8 nitrogen and oxygen atoms in total. The van der Waals surface area contributed by atoms with Gasteiger partial charge in [-0.2, -0.15) is 0 Å². The molecule has 2 aromatic rings. The van der Waals surface area contributed by atoms with Crippen molar-refractivity contribution in [3.05, 3.63) is 83.0 Å². The molecule has 2 bridgehead atoms. The minimum absolute atomic E-state index is 0.0000518. The maximum atomic E-state index is 11.4. The molecule has 0 aromatic heterocycles. The Bertz CT molecular complexity index is 1320. The minimum Gasteiger partial charge on any atom is -0.490 e. The number of hydrogen-bond acceptors (Lipinski definition) is 8. The molecule has 2 aliphatic rings. The van der Waals surface area contributed by atoms with Crippen molar-refractivity contribution in [1.82, 2.24) is 0 Å². The van der Waals surface area contributed by atoms with Gasteiger partial charge in [-0.05, 0) is 110 Å². The van der Waals surface area contributed by atoms with Crippen molar-refractivity contribution in [2.24, 2.45) is 23.7 Å². The van der Waals surface area contributed by atoms with Gasteiger partial charge in [0.1, 0.15) is 50.1 Å². The summed E-state index contributed by atoms with van der Waals surface area (Å²) in [7, 11) is 0. The number of aliphatic hydroxyl groups excluding tert-OH is 2. The third kappa shape index (κ3) is 8.10.